The molecule has 1 aliphatic heterocycles. The predicted molar refractivity (Wildman–Crippen MR) is 105 cm³/mol. The van der Waals surface area contributed by atoms with Gasteiger partial charge in [-0.1, -0.05) is 54.1 Å². The lowest BCUT2D eigenvalue weighted by atomic mass is 10.0. The lowest BCUT2D eigenvalue weighted by Crippen LogP contribution is -2.42. The smallest absolute Gasteiger partial charge is 0.253 e. The Labute approximate surface area is 163 Å². The van der Waals surface area contributed by atoms with E-state index in [1.54, 1.807) is 29.2 Å². The summed E-state index contributed by atoms with van der Waals surface area (Å²) in [5.41, 5.74) is 1.25. The number of hydrogen-bond donors (Lipinski definition) is 2. The highest BCUT2D eigenvalue weighted by molar-refractivity contribution is 6.33. The zero-order chi connectivity index (χ0) is 19.2. The number of hydrogen-bond acceptors (Lipinski definition) is 3. The molecule has 5 nitrogen and oxygen atoms in total. The van der Waals surface area contributed by atoms with Crippen LogP contribution in [0.2, 0.25) is 5.02 Å². The zero-order valence-electron chi connectivity index (χ0n) is 15.0. The molecule has 2 aromatic carbocycles. The van der Waals surface area contributed by atoms with Gasteiger partial charge in [0.1, 0.15) is 0 Å². The molecule has 0 aliphatic carbocycles. The number of aliphatic hydroxyl groups excluding tert-OH is 1. The number of halogens is 1. The number of nitrogens with zero attached hydrogens (tertiary/aromatic N) is 1. The van der Waals surface area contributed by atoms with E-state index in [9.17, 15) is 14.7 Å². The number of benzene rings is 2. The zero-order valence-corrected chi connectivity index (χ0v) is 15.7. The van der Waals surface area contributed by atoms with Crippen LogP contribution in [-0.2, 0) is 4.79 Å². The van der Waals surface area contributed by atoms with Crippen LogP contribution in [0.3, 0.4) is 0 Å². The van der Waals surface area contributed by atoms with Crippen molar-refractivity contribution in [1.82, 2.24) is 10.2 Å². The van der Waals surface area contributed by atoms with Gasteiger partial charge in [0.05, 0.1) is 29.2 Å². The van der Waals surface area contributed by atoms with Gasteiger partial charge in [-0.25, -0.2) is 0 Å². The average Bonchev–Trinajstić information content (AvgIpc) is 2.69. The Kier molecular flexibility index (Phi) is 6.48. The molecule has 0 bridgehead atoms. The highest BCUT2D eigenvalue weighted by atomic mass is 35.5. The maximum atomic E-state index is 12.7. The first-order chi connectivity index (χ1) is 13.0. The maximum Gasteiger partial charge on any atom is 0.253 e. The van der Waals surface area contributed by atoms with Crippen LogP contribution in [0.1, 0.15) is 41.2 Å². The molecular weight excluding hydrogens is 364 g/mol. The summed E-state index contributed by atoms with van der Waals surface area (Å²) in [6.45, 7) is 1.08. The first-order valence-corrected chi connectivity index (χ1v) is 9.48. The molecule has 1 heterocycles. The third kappa shape index (κ3) is 5.08. The summed E-state index contributed by atoms with van der Waals surface area (Å²) in [4.78, 5) is 27.2. The van der Waals surface area contributed by atoms with Gasteiger partial charge in [-0.05, 0) is 30.5 Å². The molecular formula is C21H23ClN2O3. The number of aliphatic hydroxyl groups is 1. The number of amides is 2. The van der Waals surface area contributed by atoms with E-state index in [1.165, 1.54) is 0 Å². The molecule has 2 aromatic rings. The van der Waals surface area contributed by atoms with Gasteiger partial charge in [-0.3, -0.25) is 9.59 Å². The third-order valence-electron chi connectivity index (χ3n) is 4.82. The number of piperidine rings is 1. The number of carbonyl (C=O) groups is 2. The summed E-state index contributed by atoms with van der Waals surface area (Å²) in [6.07, 6.45) is 1.01. The summed E-state index contributed by atoms with van der Waals surface area (Å²) < 4.78 is 0. The van der Waals surface area contributed by atoms with Crippen molar-refractivity contribution in [3.05, 3.63) is 70.7 Å². The highest BCUT2D eigenvalue weighted by Gasteiger charge is 2.26. The van der Waals surface area contributed by atoms with E-state index < -0.39 is 6.04 Å². The van der Waals surface area contributed by atoms with Crippen molar-refractivity contribution >= 4 is 23.4 Å². The minimum atomic E-state index is -0.450. The summed E-state index contributed by atoms with van der Waals surface area (Å²) in [7, 11) is 0. The first-order valence-electron chi connectivity index (χ1n) is 9.11. The van der Waals surface area contributed by atoms with Gasteiger partial charge in [0, 0.05) is 13.1 Å². The minimum absolute atomic E-state index is 0.0322. The van der Waals surface area contributed by atoms with Crippen molar-refractivity contribution in [3.8, 4) is 0 Å². The molecule has 0 radical (unpaired) electrons. The number of likely N-dealkylation sites (tertiary alicyclic amines) is 1. The highest BCUT2D eigenvalue weighted by Crippen LogP contribution is 2.22. The van der Waals surface area contributed by atoms with Gasteiger partial charge in [-0.2, -0.15) is 0 Å². The van der Waals surface area contributed by atoms with Crippen LogP contribution in [0.5, 0.6) is 0 Å². The topological polar surface area (TPSA) is 69.6 Å². The molecule has 1 fully saturated rings. The summed E-state index contributed by atoms with van der Waals surface area (Å²) >= 11 is 6.13. The van der Waals surface area contributed by atoms with Gasteiger partial charge in [0.2, 0.25) is 5.91 Å². The monoisotopic (exact) mass is 386 g/mol. The van der Waals surface area contributed by atoms with Crippen LogP contribution in [-0.4, -0.2) is 41.0 Å². The summed E-state index contributed by atoms with van der Waals surface area (Å²) in [5, 5.41) is 13.0. The standard InChI is InChI=1S/C21H23ClN2O3/c22-18-9-5-4-8-17(18)21(27)23-19(15-6-2-1-3-7-15)14-20(26)24-12-10-16(25)11-13-24/h1-9,16,19,25H,10-14H2,(H,23,27). The van der Waals surface area contributed by atoms with Gasteiger partial charge in [-0.15, -0.1) is 0 Å². The Morgan fingerprint density at radius 2 is 1.70 bits per heavy atom. The van der Waals surface area contributed by atoms with Gasteiger partial charge in [0.25, 0.3) is 5.91 Å². The fraction of sp³-hybridized carbons (Fsp3) is 0.333. The van der Waals surface area contributed by atoms with Crippen LogP contribution in [0.15, 0.2) is 54.6 Å². The quantitative estimate of drug-likeness (QED) is 0.829. The van der Waals surface area contributed by atoms with Crippen LogP contribution < -0.4 is 5.32 Å². The number of carbonyl (C=O) groups excluding carboxylic acids is 2. The van der Waals surface area contributed by atoms with Gasteiger partial charge in [0.15, 0.2) is 0 Å². The molecule has 1 saturated heterocycles. The van der Waals surface area contributed by atoms with E-state index in [4.69, 9.17) is 11.6 Å². The van der Waals surface area contributed by atoms with Gasteiger partial charge < -0.3 is 15.3 Å². The minimum Gasteiger partial charge on any atom is -0.393 e. The number of nitrogens with one attached hydrogen (secondary N) is 1. The second-order valence-corrected chi connectivity index (χ2v) is 7.14. The van der Waals surface area contributed by atoms with Crippen molar-refractivity contribution in [3.63, 3.8) is 0 Å². The van der Waals surface area contributed by atoms with Crippen molar-refractivity contribution in [2.24, 2.45) is 0 Å². The van der Waals surface area contributed by atoms with Crippen LogP contribution >= 0.6 is 11.6 Å². The second-order valence-electron chi connectivity index (χ2n) is 6.73. The Morgan fingerprint density at radius 1 is 1.07 bits per heavy atom. The molecule has 27 heavy (non-hydrogen) atoms. The molecule has 2 N–H and O–H groups in total. The molecule has 142 valence electrons. The molecule has 1 unspecified atom stereocenters. The first kappa shape index (κ1) is 19.4. The van der Waals surface area contributed by atoms with E-state index in [0.717, 1.165) is 5.56 Å². The lowest BCUT2D eigenvalue weighted by Gasteiger charge is -2.31. The molecule has 2 amide bonds. The fourth-order valence-electron chi connectivity index (χ4n) is 3.24. The predicted octanol–water partition coefficient (Wildman–Crippen LogP) is 3.18. The van der Waals surface area contributed by atoms with E-state index in [2.05, 4.69) is 5.32 Å². The molecule has 3 rings (SSSR count). The van der Waals surface area contributed by atoms with E-state index in [0.29, 0.717) is 36.5 Å². The van der Waals surface area contributed by atoms with E-state index in [-0.39, 0.29) is 24.3 Å². The van der Waals surface area contributed by atoms with Crippen molar-refractivity contribution < 1.29 is 14.7 Å². The third-order valence-corrected chi connectivity index (χ3v) is 5.15. The van der Waals surface area contributed by atoms with Crippen LogP contribution in [0.25, 0.3) is 0 Å². The van der Waals surface area contributed by atoms with Gasteiger partial charge >= 0.3 is 0 Å². The van der Waals surface area contributed by atoms with Crippen molar-refractivity contribution in [2.45, 2.75) is 31.4 Å². The second kappa shape index (κ2) is 9.02. The SMILES string of the molecule is O=C(NC(CC(=O)N1CCC(O)CC1)c1ccccc1)c1ccccc1Cl. The molecule has 0 aromatic heterocycles. The summed E-state index contributed by atoms with van der Waals surface area (Å²) in [5.74, 6) is -0.341. The van der Waals surface area contributed by atoms with Crippen LogP contribution in [0.4, 0.5) is 0 Å². The average molecular weight is 387 g/mol. The fourth-order valence-corrected chi connectivity index (χ4v) is 3.46. The molecule has 0 saturated carbocycles. The van der Waals surface area contributed by atoms with Crippen molar-refractivity contribution in [2.75, 3.05) is 13.1 Å². The molecule has 1 aliphatic rings. The van der Waals surface area contributed by atoms with E-state index in [1.807, 2.05) is 30.3 Å². The Morgan fingerprint density at radius 3 is 2.37 bits per heavy atom. The van der Waals surface area contributed by atoms with E-state index >= 15 is 0 Å². The van der Waals surface area contributed by atoms with Crippen LogP contribution in [0, 0.1) is 0 Å². The normalized spacial score (nSPS) is 16.0. The molecule has 1 atom stereocenters. The Bertz CT molecular complexity index is 789. The van der Waals surface area contributed by atoms with Crippen molar-refractivity contribution in [1.29, 1.82) is 0 Å². The Balaban J connectivity index is 1.75. The molecule has 0 spiro atoms. The molecule has 6 heteroatoms. The summed E-state index contributed by atoms with van der Waals surface area (Å²) in [6, 6.07) is 15.8. The number of rotatable bonds is 5. The lowest BCUT2D eigenvalue weighted by molar-refractivity contribution is -0.133. The largest absolute Gasteiger partial charge is 0.393 e. The maximum absolute atomic E-state index is 12.7. The Hall–Kier alpha value is -2.37.